The molecule has 1 unspecified atom stereocenters. The van der Waals surface area contributed by atoms with E-state index in [4.69, 9.17) is 4.74 Å². The Hall–Kier alpha value is -0.120. The average Bonchev–Trinajstić information content (AvgIpc) is 2.15. The Kier molecular flexibility index (Phi) is 7.98. The smallest absolute Gasteiger partial charge is 0.0593 e. The van der Waals surface area contributed by atoms with Crippen LogP contribution in [-0.4, -0.2) is 49.8 Å². The summed E-state index contributed by atoms with van der Waals surface area (Å²) in [7, 11) is 2.17. The fourth-order valence-electron chi connectivity index (χ4n) is 1.45. The number of likely N-dealkylation sites (N-methyl/N-ethyl adjacent to an activating group) is 1. The monoisotopic (exact) mass is 230 g/mol. The van der Waals surface area contributed by atoms with Crippen LogP contribution in [0.15, 0.2) is 0 Å². The fraction of sp³-hybridized carbons (Fsp3) is 1.00. The van der Waals surface area contributed by atoms with Gasteiger partial charge in [0, 0.05) is 24.7 Å². The molecule has 0 aromatic rings. The van der Waals surface area contributed by atoms with Gasteiger partial charge in [0.15, 0.2) is 0 Å². The quantitative estimate of drug-likeness (QED) is 0.646. The third kappa shape index (κ3) is 9.13. The highest BCUT2D eigenvalue weighted by Crippen LogP contribution is 2.03. The molecule has 0 saturated heterocycles. The van der Waals surface area contributed by atoms with E-state index in [0.29, 0.717) is 6.04 Å². The number of hydrogen-bond donors (Lipinski definition) is 1. The zero-order chi connectivity index (χ0) is 12.6. The molecule has 0 heterocycles. The summed E-state index contributed by atoms with van der Waals surface area (Å²) in [4.78, 5) is 2.36. The topological polar surface area (TPSA) is 24.5 Å². The first-order valence-corrected chi connectivity index (χ1v) is 6.40. The molecule has 0 radical (unpaired) electrons. The normalized spacial score (nSPS) is 14.4. The second-order valence-electron chi connectivity index (χ2n) is 5.49. The molecule has 0 spiro atoms. The zero-order valence-electron chi connectivity index (χ0n) is 12.0. The van der Waals surface area contributed by atoms with Crippen molar-refractivity contribution in [1.29, 1.82) is 0 Å². The summed E-state index contributed by atoms with van der Waals surface area (Å²) in [5.41, 5.74) is 0.226. The molecule has 98 valence electrons. The molecule has 0 bridgehead atoms. The van der Waals surface area contributed by atoms with Crippen LogP contribution < -0.4 is 5.32 Å². The first kappa shape index (κ1) is 15.9. The van der Waals surface area contributed by atoms with E-state index < -0.39 is 0 Å². The lowest BCUT2D eigenvalue weighted by atomic mass is 10.1. The third-order valence-corrected chi connectivity index (χ3v) is 2.76. The predicted molar refractivity (Wildman–Crippen MR) is 71.0 cm³/mol. The predicted octanol–water partition coefficient (Wildman–Crippen LogP) is 2.12. The number of nitrogens with one attached hydrogen (secondary N) is 1. The van der Waals surface area contributed by atoms with Crippen molar-refractivity contribution in [3.05, 3.63) is 0 Å². The minimum atomic E-state index is 0.226. The Balaban J connectivity index is 3.58. The highest BCUT2D eigenvalue weighted by Gasteiger charge is 2.11. The maximum atomic E-state index is 5.36. The summed E-state index contributed by atoms with van der Waals surface area (Å²) in [5, 5.41) is 3.52. The van der Waals surface area contributed by atoms with Crippen LogP contribution in [0.25, 0.3) is 0 Å². The lowest BCUT2D eigenvalue weighted by Gasteiger charge is -2.27. The van der Waals surface area contributed by atoms with Gasteiger partial charge in [-0.2, -0.15) is 0 Å². The molecule has 0 saturated carbocycles. The molecule has 0 aliphatic carbocycles. The molecule has 3 heteroatoms. The van der Waals surface area contributed by atoms with E-state index in [1.807, 2.05) is 6.92 Å². The standard InChI is InChI=1S/C13H30N2O/c1-7-16-11-10-15(6)12(2)8-9-14-13(3,4)5/h12,14H,7-11H2,1-6H3. The molecule has 0 aliphatic heterocycles. The zero-order valence-corrected chi connectivity index (χ0v) is 12.0. The van der Waals surface area contributed by atoms with E-state index in [1.54, 1.807) is 0 Å². The van der Waals surface area contributed by atoms with Crippen LogP contribution in [0.5, 0.6) is 0 Å². The summed E-state index contributed by atoms with van der Waals surface area (Å²) >= 11 is 0. The number of hydrogen-bond acceptors (Lipinski definition) is 3. The third-order valence-electron chi connectivity index (χ3n) is 2.76. The van der Waals surface area contributed by atoms with Crippen molar-refractivity contribution < 1.29 is 4.74 Å². The van der Waals surface area contributed by atoms with Gasteiger partial charge in [0.2, 0.25) is 0 Å². The van der Waals surface area contributed by atoms with E-state index in [1.165, 1.54) is 6.42 Å². The van der Waals surface area contributed by atoms with Crippen molar-refractivity contribution in [2.45, 2.75) is 52.6 Å². The van der Waals surface area contributed by atoms with Crippen LogP contribution in [0.4, 0.5) is 0 Å². The average molecular weight is 230 g/mol. The molecule has 0 aromatic carbocycles. The van der Waals surface area contributed by atoms with Gasteiger partial charge in [-0.3, -0.25) is 0 Å². The lowest BCUT2D eigenvalue weighted by molar-refractivity contribution is 0.108. The molecule has 3 nitrogen and oxygen atoms in total. The van der Waals surface area contributed by atoms with Crippen LogP contribution in [0, 0.1) is 0 Å². The van der Waals surface area contributed by atoms with Gasteiger partial charge in [-0.05, 0) is 54.6 Å². The highest BCUT2D eigenvalue weighted by atomic mass is 16.5. The van der Waals surface area contributed by atoms with Gasteiger partial charge in [0.25, 0.3) is 0 Å². The fourth-order valence-corrected chi connectivity index (χ4v) is 1.45. The lowest BCUT2D eigenvalue weighted by Crippen LogP contribution is -2.40. The van der Waals surface area contributed by atoms with Crippen molar-refractivity contribution in [3.8, 4) is 0 Å². The van der Waals surface area contributed by atoms with Crippen LogP contribution >= 0.6 is 0 Å². The van der Waals surface area contributed by atoms with Crippen LogP contribution in [0.2, 0.25) is 0 Å². The van der Waals surface area contributed by atoms with Crippen molar-refractivity contribution >= 4 is 0 Å². The molecule has 1 N–H and O–H groups in total. The maximum absolute atomic E-state index is 5.36. The summed E-state index contributed by atoms with van der Waals surface area (Å²) in [6.07, 6.45) is 1.18. The summed E-state index contributed by atoms with van der Waals surface area (Å²) in [6.45, 7) is 14.7. The molecule has 0 aliphatic rings. The van der Waals surface area contributed by atoms with Crippen molar-refractivity contribution in [2.24, 2.45) is 0 Å². The van der Waals surface area contributed by atoms with E-state index in [9.17, 15) is 0 Å². The van der Waals surface area contributed by atoms with Gasteiger partial charge < -0.3 is 15.0 Å². The van der Waals surface area contributed by atoms with Crippen molar-refractivity contribution in [3.63, 3.8) is 0 Å². The Morgan fingerprint density at radius 1 is 1.31 bits per heavy atom. The molecule has 0 rings (SSSR count). The van der Waals surface area contributed by atoms with Crippen molar-refractivity contribution in [2.75, 3.05) is 33.4 Å². The van der Waals surface area contributed by atoms with E-state index in [2.05, 4.69) is 45.0 Å². The second-order valence-corrected chi connectivity index (χ2v) is 5.49. The van der Waals surface area contributed by atoms with Gasteiger partial charge in [-0.1, -0.05) is 0 Å². The first-order chi connectivity index (χ1) is 7.37. The SMILES string of the molecule is CCOCCN(C)C(C)CCNC(C)(C)C. The summed E-state index contributed by atoms with van der Waals surface area (Å²) in [6, 6.07) is 0.607. The Labute approximate surface area is 102 Å². The molecule has 1 atom stereocenters. The van der Waals surface area contributed by atoms with Gasteiger partial charge in [0.1, 0.15) is 0 Å². The van der Waals surface area contributed by atoms with Crippen LogP contribution in [0.3, 0.4) is 0 Å². The van der Waals surface area contributed by atoms with E-state index in [-0.39, 0.29) is 5.54 Å². The summed E-state index contributed by atoms with van der Waals surface area (Å²) < 4.78 is 5.36. The van der Waals surface area contributed by atoms with Gasteiger partial charge in [-0.25, -0.2) is 0 Å². The number of ether oxygens (including phenoxy) is 1. The second kappa shape index (κ2) is 8.04. The molecular formula is C13H30N2O. The minimum Gasteiger partial charge on any atom is -0.380 e. The van der Waals surface area contributed by atoms with Gasteiger partial charge >= 0.3 is 0 Å². The molecular weight excluding hydrogens is 200 g/mol. The molecule has 16 heavy (non-hydrogen) atoms. The molecule has 0 fully saturated rings. The van der Waals surface area contributed by atoms with Crippen molar-refractivity contribution in [1.82, 2.24) is 10.2 Å². The first-order valence-electron chi connectivity index (χ1n) is 6.40. The number of nitrogens with zero attached hydrogens (tertiary/aromatic N) is 1. The summed E-state index contributed by atoms with van der Waals surface area (Å²) in [5.74, 6) is 0. The minimum absolute atomic E-state index is 0.226. The Morgan fingerprint density at radius 2 is 1.94 bits per heavy atom. The Bertz CT molecular complexity index is 166. The van der Waals surface area contributed by atoms with Crippen LogP contribution in [-0.2, 0) is 4.74 Å². The van der Waals surface area contributed by atoms with E-state index in [0.717, 1.165) is 26.3 Å². The maximum Gasteiger partial charge on any atom is 0.0593 e. The van der Waals surface area contributed by atoms with Crippen LogP contribution in [0.1, 0.15) is 41.0 Å². The highest BCUT2D eigenvalue weighted by molar-refractivity contribution is 4.72. The van der Waals surface area contributed by atoms with Gasteiger partial charge in [0.05, 0.1) is 6.61 Å². The van der Waals surface area contributed by atoms with Gasteiger partial charge in [-0.15, -0.1) is 0 Å². The largest absolute Gasteiger partial charge is 0.380 e. The Morgan fingerprint density at radius 3 is 2.44 bits per heavy atom. The number of rotatable bonds is 8. The molecule has 0 amide bonds. The van der Waals surface area contributed by atoms with E-state index >= 15 is 0 Å². The molecule has 0 aromatic heterocycles.